The van der Waals surface area contributed by atoms with Crippen molar-refractivity contribution in [3.63, 3.8) is 0 Å². The molecule has 15 nitrogen and oxygen atoms in total. The van der Waals surface area contributed by atoms with Crippen molar-refractivity contribution in [2.75, 3.05) is 42.3 Å². The van der Waals surface area contributed by atoms with Gasteiger partial charge in [-0.25, -0.2) is 0 Å². The zero-order valence-corrected chi connectivity index (χ0v) is 40.8. The van der Waals surface area contributed by atoms with Crippen molar-refractivity contribution in [2.45, 2.75) is 177 Å². The van der Waals surface area contributed by atoms with Crippen molar-refractivity contribution in [1.82, 2.24) is 35.1 Å². The van der Waals surface area contributed by atoms with Crippen LogP contribution in [0.15, 0.2) is 0 Å². The molecule has 60 heavy (non-hydrogen) atoms. The third kappa shape index (κ3) is 16.7. The lowest BCUT2D eigenvalue weighted by Gasteiger charge is -2.41. The molecule has 348 valence electrons. The van der Waals surface area contributed by atoms with Crippen LogP contribution in [0.4, 0.5) is 0 Å². The second kappa shape index (κ2) is 26.0. The number of carbonyl (C=O) groups excluding carboxylic acids is 7. The Labute approximate surface area is 363 Å². The monoisotopic (exact) mass is 852 g/mol. The third-order valence-corrected chi connectivity index (χ3v) is 11.4. The van der Waals surface area contributed by atoms with Gasteiger partial charge in [0.2, 0.25) is 35.4 Å². The Morgan fingerprint density at radius 3 is 1.32 bits per heavy atom. The maximum absolute atomic E-state index is 14.6. The summed E-state index contributed by atoms with van der Waals surface area (Å²) in [5.74, 6) is -3.64. The molecule has 0 aliphatic rings. The fourth-order valence-corrected chi connectivity index (χ4v) is 7.73. The summed E-state index contributed by atoms with van der Waals surface area (Å²) < 4.78 is 0. The molecule has 0 spiro atoms. The lowest BCUT2D eigenvalue weighted by molar-refractivity contribution is -0.157. The van der Waals surface area contributed by atoms with E-state index in [9.17, 15) is 38.7 Å². The summed E-state index contributed by atoms with van der Waals surface area (Å²) in [7, 11) is 9.64. The van der Waals surface area contributed by atoms with Gasteiger partial charge in [-0.05, 0) is 90.1 Å². The molecule has 0 saturated heterocycles. The normalized spacial score (nSPS) is 16.4. The van der Waals surface area contributed by atoms with E-state index in [1.54, 1.807) is 39.8 Å². The van der Waals surface area contributed by atoms with Crippen LogP contribution in [0.25, 0.3) is 0 Å². The van der Waals surface area contributed by atoms with Crippen molar-refractivity contribution < 1.29 is 38.7 Å². The van der Waals surface area contributed by atoms with E-state index in [0.29, 0.717) is 12.8 Å². The average Bonchev–Trinajstić information content (AvgIpc) is 3.14. The summed E-state index contributed by atoms with van der Waals surface area (Å²) in [5, 5.41) is 16.7. The zero-order chi connectivity index (χ0) is 47.1. The number of ketones is 1. The third-order valence-electron chi connectivity index (χ3n) is 11.4. The van der Waals surface area contributed by atoms with Gasteiger partial charge in [0, 0.05) is 28.2 Å². The molecule has 3 N–H and O–H groups in total. The van der Waals surface area contributed by atoms with Crippen molar-refractivity contribution in [2.24, 2.45) is 29.6 Å². The first-order chi connectivity index (χ1) is 27.5. The zero-order valence-electron chi connectivity index (χ0n) is 40.8. The molecule has 0 bridgehead atoms. The predicted octanol–water partition coefficient (Wildman–Crippen LogP) is 3.80. The Morgan fingerprint density at radius 1 is 0.517 bits per heavy atom. The average molecular weight is 852 g/mol. The summed E-state index contributed by atoms with van der Waals surface area (Å²) in [4.78, 5) is 104. The Hall–Kier alpha value is -3.59. The molecule has 0 aromatic carbocycles. The number of amides is 6. The molecular weight excluding hydrogens is 767 g/mol. The van der Waals surface area contributed by atoms with E-state index in [1.807, 2.05) is 55.4 Å². The molecular formula is C45H85N7O8. The van der Waals surface area contributed by atoms with Gasteiger partial charge in [-0.2, -0.15) is 0 Å². The quantitative estimate of drug-likeness (QED) is 0.117. The number of aliphatic hydroxyl groups is 1. The van der Waals surface area contributed by atoms with Crippen LogP contribution in [-0.4, -0.2) is 162 Å². The number of rotatable bonds is 26. The number of aliphatic hydroxyl groups excluding tert-OH is 1. The second-order valence-corrected chi connectivity index (χ2v) is 19.0. The lowest BCUT2D eigenvalue weighted by atomic mass is 9.89. The number of Topliss-reactive ketones (excluding diaryl/α,β-unsaturated/α-hetero) is 1. The number of nitrogens with one attached hydrogen (secondary N) is 2. The molecule has 0 aromatic rings. The minimum absolute atomic E-state index is 0.0344. The standard InChI is InChI=1S/C45H85N7O8/c1-20-21-22-30(10)39(54)38(33(13)53)52(19)45(60)37(29(8)9)51(18)44(59)36(25-28(6)7)50(17)43(58)35(24-27(4)5)49(16)42(57)32(12)47-40(55)31(11)46-41(56)34(48(14)15)23-26(2)3/h26-32,34-39,54H,20-25H2,1-19H3,(H,46,56)(H,47,55)/t30-,31+,32-,34+,35+,36+,37+,38-,39-/m1/s1. The molecule has 6 amide bonds. The summed E-state index contributed by atoms with van der Waals surface area (Å²) in [6, 6.07) is -6.53. The minimum atomic E-state index is -1.10. The maximum Gasteiger partial charge on any atom is 0.246 e. The van der Waals surface area contributed by atoms with Gasteiger partial charge in [0.05, 0.1) is 12.1 Å². The van der Waals surface area contributed by atoms with Gasteiger partial charge < -0.3 is 35.3 Å². The molecule has 0 fully saturated rings. The van der Waals surface area contributed by atoms with E-state index < -0.39 is 83.9 Å². The molecule has 15 heteroatoms. The molecule has 0 aromatic heterocycles. The highest BCUT2D eigenvalue weighted by molar-refractivity contribution is 5.97. The number of nitrogens with zero attached hydrogens (tertiary/aromatic N) is 5. The Kier molecular flexibility index (Phi) is 24.5. The van der Waals surface area contributed by atoms with Crippen molar-refractivity contribution in [3.05, 3.63) is 0 Å². The number of hydrogen-bond donors (Lipinski definition) is 3. The van der Waals surface area contributed by atoms with Crippen LogP contribution in [0, 0.1) is 29.6 Å². The van der Waals surface area contributed by atoms with E-state index in [2.05, 4.69) is 10.6 Å². The van der Waals surface area contributed by atoms with Crippen LogP contribution in [0.3, 0.4) is 0 Å². The summed E-state index contributed by atoms with van der Waals surface area (Å²) in [6.07, 6.45) is 2.51. The SMILES string of the molecule is CCCC[C@@H](C)[C@@H](O)[C@@H](C(C)=O)N(C)C(=O)[C@H](C(C)C)N(C)C(=O)[C@H](CC(C)C)N(C)C(=O)[C@H](CC(C)C)N(C)C(=O)[C@@H](C)NC(=O)[C@H](C)NC(=O)[C@H](CC(C)C)N(C)C. The van der Waals surface area contributed by atoms with Gasteiger partial charge >= 0.3 is 0 Å². The first-order valence-corrected chi connectivity index (χ1v) is 22.1. The Morgan fingerprint density at radius 2 is 0.917 bits per heavy atom. The largest absolute Gasteiger partial charge is 0.390 e. The maximum atomic E-state index is 14.6. The van der Waals surface area contributed by atoms with E-state index in [0.717, 1.165) is 12.8 Å². The van der Waals surface area contributed by atoms with Crippen LogP contribution in [-0.2, 0) is 33.6 Å². The summed E-state index contributed by atoms with van der Waals surface area (Å²) in [5.41, 5.74) is 0. The minimum Gasteiger partial charge on any atom is -0.390 e. The van der Waals surface area contributed by atoms with Crippen LogP contribution in [0.5, 0.6) is 0 Å². The highest BCUT2D eigenvalue weighted by Gasteiger charge is 2.43. The molecule has 0 aliphatic heterocycles. The highest BCUT2D eigenvalue weighted by Crippen LogP contribution is 2.25. The molecule has 0 rings (SSSR count). The predicted molar refractivity (Wildman–Crippen MR) is 237 cm³/mol. The van der Waals surface area contributed by atoms with Crippen LogP contribution in [0.2, 0.25) is 0 Å². The van der Waals surface area contributed by atoms with Gasteiger partial charge in [-0.3, -0.25) is 38.5 Å². The fourth-order valence-electron chi connectivity index (χ4n) is 7.73. The van der Waals surface area contributed by atoms with Crippen molar-refractivity contribution in [1.29, 1.82) is 0 Å². The molecule has 0 saturated carbocycles. The molecule has 0 heterocycles. The second-order valence-electron chi connectivity index (χ2n) is 19.0. The number of likely N-dealkylation sites (N-methyl/N-ethyl adjacent to an activating group) is 5. The Bertz CT molecular complexity index is 1420. The number of hydrogen-bond acceptors (Lipinski definition) is 9. The highest BCUT2D eigenvalue weighted by atomic mass is 16.3. The Balaban J connectivity index is 6.52. The number of unbranched alkanes of at least 4 members (excludes halogenated alkanes) is 1. The lowest BCUT2D eigenvalue weighted by Crippen LogP contribution is -2.61. The van der Waals surface area contributed by atoms with Crippen LogP contribution >= 0.6 is 0 Å². The summed E-state index contributed by atoms with van der Waals surface area (Å²) >= 11 is 0. The molecule has 0 radical (unpaired) electrons. The topological polar surface area (TPSA) is 180 Å². The van der Waals surface area contributed by atoms with Gasteiger partial charge in [0.15, 0.2) is 5.78 Å². The van der Waals surface area contributed by atoms with Crippen LogP contribution in [0.1, 0.15) is 129 Å². The van der Waals surface area contributed by atoms with E-state index in [4.69, 9.17) is 0 Å². The first-order valence-electron chi connectivity index (χ1n) is 22.1. The first kappa shape index (κ1) is 56.4. The molecule has 9 atom stereocenters. The van der Waals surface area contributed by atoms with Crippen molar-refractivity contribution >= 4 is 41.2 Å². The van der Waals surface area contributed by atoms with Crippen molar-refractivity contribution in [3.8, 4) is 0 Å². The van der Waals surface area contributed by atoms with Gasteiger partial charge in [0.1, 0.15) is 36.3 Å². The fraction of sp³-hybridized carbons (Fsp3) is 0.844. The van der Waals surface area contributed by atoms with Crippen LogP contribution < -0.4 is 10.6 Å². The van der Waals surface area contributed by atoms with E-state index in [1.165, 1.54) is 61.6 Å². The van der Waals surface area contributed by atoms with Gasteiger partial charge in [-0.1, -0.05) is 82.1 Å². The van der Waals surface area contributed by atoms with E-state index >= 15 is 0 Å². The van der Waals surface area contributed by atoms with E-state index in [-0.39, 0.29) is 48.2 Å². The number of carbonyl (C=O) groups is 7. The summed E-state index contributed by atoms with van der Waals surface area (Å²) in [6.45, 7) is 23.7. The smallest absolute Gasteiger partial charge is 0.246 e. The van der Waals surface area contributed by atoms with Gasteiger partial charge in [0.25, 0.3) is 0 Å². The van der Waals surface area contributed by atoms with Gasteiger partial charge in [-0.15, -0.1) is 0 Å². The molecule has 0 aliphatic carbocycles. The molecule has 0 unspecified atom stereocenters.